The molecule has 0 saturated heterocycles. The van der Waals surface area contributed by atoms with Gasteiger partial charge < -0.3 is 14.2 Å². The van der Waals surface area contributed by atoms with Gasteiger partial charge in [0.15, 0.2) is 0 Å². The predicted octanol–water partition coefficient (Wildman–Crippen LogP) is 10.0. The summed E-state index contributed by atoms with van der Waals surface area (Å²) in [7, 11) is 0. The van der Waals surface area contributed by atoms with E-state index in [9.17, 15) is 0 Å². The molecule has 0 spiro atoms. The second kappa shape index (κ2) is 11.1. The molecule has 1 saturated carbocycles. The fraction of sp³-hybridized carbons (Fsp3) is 0.829. The molecule has 1 aliphatic rings. The fourth-order valence-electron chi connectivity index (χ4n) is 6.36. The van der Waals surface area contributed by atoms with Crippen LogP contribution in [0.4, 0.5) is 0 Å². The van der Waals surface area contributed by atoms with Crippen LogP contribution in [0.25, 0.3) is 0 Å². The Balaban J connectivity index is 2.00. The number of hydrogen-bond donors (Lipinski definition) is 0. The van der Waals surface area contributed by atoms with Gasteiger partial charge >= 0.3 is 0 Å². The van der Waals surface area contributed by atoms with Gasteiger partial charge in [-0.15, -0.1) is 0 Å². The standard InChI is InChI=1S/C35H62O3/c1-16-33(13,17-2)37-23-22-26(3)36-25-30(7,8)38-28-20-18-27(19-21-28)31(9,10)32(11,12)35(15)24-34(35,14)29(4,5)6/h18-21,26H,16-17,22-25H2,1-15H3. The van der Waals surface area contributed by atoms with Gasteiger partial charge in [0.2, 0.25) is 0 Å². The first-order chi connectivity index (χ1) is 17.1. The molecule has 3 heteroatoms. The molecule has 3 atom stereocenters. The minimum atomic E-state index is -0.414. The first-order valence-electron chi connectivity index (χ1n) is 15.2. The average molecular weight is 531 g/mol. The van der Waals surface area contributed by atoms with Crippen molar-refractivity contribution in [1.82, 2.24) is 0 Å². The van der Waals surface area contributed by atoms with E-state index in [-0.39, 0.29) is 33.4 Å². The van der Waals surface area contributed by atoms with Gasteiger partial charge in [0.05, 0.1) is 18.3 Å². The van der Waals surface area contributed by atoms with Crippen LogP contribution in [0, 0.1) is 21.7 Å². The average Bonchev–Trinajstić information content (AvgIpc) is 3.42. The van der Waals surface area contributed by atoms with Gasteiger partial charge in [-0.3, -0.25) is 0 Å². The Kier molecular flexibility index (Phi) is 9.66. The molecule has 3 unspecified atom stereocenters. The summed E-state index contributed by atoms with van der Waals surface area (Å²) in [6, 6.07) is 8.82. The van der Waals surface area contributed by atoms with Gasteiger partial charge in [-0.05, 0) is 98.1 Å². The van der Waals surface area contributed by atoms with Gasteiger partial charge in [-0.25, -0.2) is 0 Å². The summed E-state index contributed by atoms with van der Waals surface area (Å²) in [6.45, 7) is 36.2. The van der Waals surface area contributed by atoms with Crippen molar-refractivity contribution in [3.8, 4) is 5.75 Å². The molecule has 1 aliphatic carbocycles. The molecule has 1 aromatic carbocycles. The lowest BCUT2D eigenvalue weighted by Gasteiger charge is -2.51. The molecule has 0 amide bonds. The number of benzene rings is 1. The SMILES string of the molecule is CCC(C)(CC)OCCC(C)OCC(C)(C)Oc1ccc(C(C)(C)C(C)(C)C2(C)CC2(C)C(C)(C)C)cc1. The zero-order valence-electron chi connectivity index (χ0n) is 27.9. The maximum Gasteiger partial charge on any atom is 0.127 e. The highest BCUT2D eigenvalue weighted by molar-refractivity contribution is 5.36. The Morgan fingerprint density at radius 3 is 1.79 bits per heavy atom. The smallest absolute Gasteiger partial charge is 0.127 e. The number of rotatable bonds is 14. The minimum Gasteiger partial charge on any atom is -0.485 e. The van der Waals surface area contributed by atoms with Gasteiger partial charge in [0.1, 0.15) is 11.4 Å². The normalized spacial score (nSPS) is 23.9. The maximum atomic E-state index is 6.40. The molecule has 0 aliphatic heterocycles. The van der Waals surface area contributed by atoms with Crippen LogP contribution in [0.15, 0.2) is 24.3 Å². The summed E-state index contributed by atoms with van der Waals surface area (Å²) in [6.07, 6.45) is 4.35. The number of ether oxygens (including phenoxy) is 3. The Bertz CT molecular complexity index is 900. The van der Waals surface area contributed by atoms with E-state index >= 15 is 0 Å². The monoisotopic (exact) mass is 530 g/mol. The highest BCUT2D eigenvalue weighted by Gasteiger charge is 2.73. The maximum absolute atomic E-state index is 6.40. The lowest BCUT2D eigenvalue weighted by Crippen LogP contribution is -2.46. The molecule has 220 valence electrons. The topological polar surface area (TPSA) is 27.7 Å². The van der Waals surface area contributed by atoms with Crippen molar-refractivity contribution >= 4 is 0 Å². The molecule has 2 rings (SSSR count). The fourth-order valence-corrected chi connectivity index (χ4v) is 6.36. The molecule has 0 radical (unpaired) electrons. The third-order valence-electron chi connectivity index (χ3n) is 11.6. The molecule has 0 bridgehead atoms. The first-order valence-corrected chi connectivity index (χ1v) is 15.2. The van der Waals surface area contributed by atoms with E-state index in [1.54, 1.807) is 0 Å². The zero-order chi connectivity index (χ0) is 29.4. The van der Waals surface area contributed by atoms with Crippen LogP contribution in [0.2, 0.25) is 0 Å². The molecule has 1 aromatic rings. The molecule has 38 heavy (non-hydrogen) atoms. The largest absolute Gasteiger partial charge is 0.485 e. The second-order valence-corrected chi connectivity index (χ2v) is 15.6. The van der Waals surface area contributed by atoms with Crippen LogP contribution in [-0.2, 0) is 14.9 Å². The van der Waals surface area contributed by atoms with E-state index in [2.05, 4.69) is 128 Å². The van der Waals surface area contributed by atoms with Crippen molar-refractivity contribution in [2.75, 3.05) is 13.2 Å². The molecule has 0 N–H and O–H groups in total. The molecule has 0 aromatic heterocycles. The second-order valence-electron chi connectivity index (χ2n) is 15.6. The van der Waals surface area contributed by atoms with Gasteiger partial charge in [-0.1, -0.05) is 88.3 Å². The van der Waals surface area contributed by atoms with Gasteiger partial charge in [0.25, 0.3) is 0 Å². The summed E-state index contributed by atoms with van der Waals surface area (Å²) in [5.41, 5.74) is 1.98. The van der Waals surface area contributed by atoms with E-state index < -0.39 is 5.60 Å². The van der Waals surface area contributed by atoms with Crippen molar-refractivity contribution in [2.24, 2.45) is 21.7 Å². The van der Waals surface area contributed by atoms with Crippen LogP contribution < -0.4 is 4.74 Å². The predicted molar refractivity (Wildman–Crippen MR) is 163 cm³/mol. The number of hydrogen-bond acceptors (Lipinski definition) is 3. The van der Waals surface area contributed by atoms with Crippen LogP contribution in [0.3, 0.4) is 0 Å². The molecule has 0 heterocycles. The Morgan fingerprint density at radius 2 is 1.34 bits per heavy atom. The van der Waals surface area contributed by atoms with Crippen molar-refractivity contribution in [3.63, 3.8) is 0 Å². The quantitative estimate of drug-likeness (QED) is 0.239. The third kappa shape index (κ3) is 6.46. The van der Waals surface area contributed by atoms with Crippen molar-refractivity contribution < 1.29 is 14.2 Å². The Morgan fingerprint density at radius 1 is 0.816 bits per heavy atom. The summed E-state index contributed by atoms with van der Waals surface area (Å²) in [4.78, 5) is 0. The summed E-state index contributed by atoms with van der Waals surface area (Å²) < 4.78 is 18.7. The zero-order valence-corrected chi connectivity index (χ0v) is 27.9. The minimum absolute atomic E-state index is 0.0189. The van der Waals surface area contributed by atoms with E-state index in [0.717, 1.165) is 31.6 Å². The van der Waals surface area contributed by atoms with Crippen LogP contribution in [-0.4, -0.2) is 30.5 Å². The van der Waals surface area contributed by atoms with Crippen LogP contribution in [0.5, 0.6) is 5.75 Å². The van der Waals surface area contributed by atoms with E-state index in [0.29, 0.717) is 12.0 Å². The van der Waals surface area contributed by atoms with E-state index in [4.69, 9.17) is 14.2 Å². The lowest BCUT2D eigenvalue weighted by atomic mass is 9.53. The van der Waals surface area contributed by atoms with Gasteiger partial charge in [0, 0.05) is 6.61 Å². The first kappa shape index (κ1) is 33.1. The van der Waals surface area contributed by atoms with Crippen LogP contribution >= 0.6 is 0 Å². The van der Waals surface area contributed by atoms with Crippen LogP contribution in [0.1, 0.15) is 135 Å². The third-order valence-corrected chi connectivity index (χ3v) is 11.6. The highest BCUT2D eigenvalue weighted by atomic mass is 16.5. The molecule has 3 nitrogen and oxygen atoms in total. The van der Waals surface area contributed by atoms with E-state index in [1.807, 2.05) is 0 Å². The molecular weight excluding hydrogens is 468 g/mol. The van der Waals surface area contributed by atoms with Crippen molar-refractivity contribution in [3.05, 3.63) is 29.8 Å². The molecular formula is C35H62O3. The Hall–Kier alpha value is -1.06. The molecule has 1 fully saturated rings. The van der Waals surface area contributed by atoms with Gasteiger partial charge in [-0.2, -0.15) is 0 Å². The lowest BCUT2D eigenvalue weighted by molar-refractivity contribution is -0.0709. The van der Waals surface area contributed by atoms with E-state index in [1.165, 1.54) is 12.0 Å². The summed E-state index contributed by atoms with van der Waals surface area (Å²) in [5, 5.41) is 0. The van der Waals surface area contributed by atoms with Crippen molar-refractivity contribution in [1.29, 1.82) is 0 Å². The summed E-state index contributed by atoms with van der Waals surface area (Å²) in [5.74, 6) is 0.894. The van der Waals surface area contributed by atoms with Crippen molar-refractivity contribution in [2.45, 2.75) is 152 Å². The highest BCUT2D eigenvalue weighted by Crippen LogP contribution is 2.80. The Labute approximate surface area is 236 Å². The summed E-state index contributed by atoms with van der Waals surface area (Å²) >= 11 is 0.